The third-order valence-corrected chi connectivity index (χ3v) is 3.11. The molecule has 0 aliphatic carbocycles. The molecule has 4 nitrogen and oxygen atoms in total. The average molecular weight is 265 g/mol. The summed E-state index contributed by atoms with van der Waals surface area (Å²) in [6.07, 6.45) is 8.08. The van der Waals surface area contributed by atoms with Crippen LogP contribution in [0.4, 0.5) is 0 Å². The first kappa shape index (κ1) is 15.6. The van der Waals surface area contributed by atoms with Gasteiger partial charge in [0.15, 0.2) is 5.96 Å². The standard InChI is InChI=1S/C15H27N3O/c1-4-5-6-7-9-13(2)18-15(16-3)17-12-14-10-8-11-19-14/h8,10-11,13H,4-7,9,12H2,1-3H3,(H2,16,17,18). The molecule has 1 rings (SSSR count). The smallest absolute Gasteiger partial charge is 0.191 e. The van der Waals surface area contributed by atoms with Crippen molar-refractivity contribution in [1.82, 2.24) is 10.6 Å². The lowest BCUT2D eigenvalue weighted by molar-refractivity contribution is 0.496. The largest absolute Gasteiger partial charge is 0.467 e. The molecule has 0 radical (unpaired) electrons. The van der Waals surface area contributed by atoms with Gasteiger partial charge in [-0.2, -0.15) is 0 Å². The molecule has 0 aromatic carbocycles. The van der Waals surface area contributed by atoms with Crippen molar-refractivity contribution in [1.29, 1.82) is 0 Å². The fraction of sp³-hybridized carbons (Fsp3) is 0.667. The minimum absolute atomic E-state index is 0.444. The molecule has 1 aromatic rings. The van der Waals surface area contributed by atoms with Crippen molar-refractivity contribution in [2.75, 3.05) is 7.05 Å². The van der Waals surface area contributed by atoms with Gasteiger partial charge in [-0.25, -0.2) is 0 Å². The lowest BCUT2D eigenvalue weighted by atomic mass is 10.1. The summed E-state index contributed by atoms with van der Waals surface area (Å²) in [7, 11) is 1.79. The van der Waals surface area contributed by atoms with E-state index in [4.69, 9.17) is 4.42 Å². The number of guanidine groups is 1. The number of nitrogens with one attached hydrogen (secondary N) is 2. The summed E-state index contributed by atoms with van der Waals surface area (Å²) in [5.41, 5.74) is 0. The molecule has 4 heteroatoms. The second-order valence-electron chi connectivity index (χ2n) is 4.90. The second kappa shape index (κ2) is 9.48. The van der Waals surface area contributed by atoms with Crippen molar-refractivity contribution in [3.8, 4) is 0 Å². The minimum atomic E-state index is 0.444. The Labute approximate surface area is 116 Å². The first-order valence-electron chi connectivity index (χ1n) is 7.25. The first-order chi connectivity index (χ1) is 9.26. The molecule has 19 heavy (non-hydrogen) atoms. The zero-order valence-electron chi connectivity index (χ0n) is 12.4. The molecule has 2 N–H and O–H groups in total. The zero-order valence-corrected chi connectivity index (χ0v) is 12.4. The monoisotopic (exact) mass is 265 g/mol. The molecule has 0 fully saturated rings. The van der Waals surface area contributed by atoms with Crippen LogP contribution in [0.5, 0.6) is 0 Å². The maximum Gasteiger partial charge on any atom is 0.191 e. The Kier molecular flexibility index (Phi) is 7.78. The van der Waals surface area contributed by atoms with Gasteiger partial charge in [-0.3, -0.25) is 4.99 Å². The Morgan fingerprint density at radius 1 is 1.37 bits per heavy atom. The van der Waals surface area contributed by atoms with Gasteiger partial charge in [0.25, 0.3) is 0 Å². The molecule has 1 atom stereocenters. The molecule has 0 spiro atoms. The summed E-state index contributed by atoms with van der Waals surface area (Å²) in [4.78, 5) is 4.22. The van der Waals surface area contributed by atoms with E-state index in [-0.39, 0.29) is 0 Å². The van der Waals surface area contributed by atoms with Crippen LogP contribution in [-0.4, -0.2) is 19.0 Å². The van der Waals surface area contributed by atoms with Crippen LogP contribution in [0.1, 0.15) is 51.7 Å². The zero-order chi connectivity index (χ0) is 13.9. The molecule has 0 saturated heterocycles. The summed E-state index contributed by atoms with van der Waals surface area (Å²) < 4.78 is 5.28. The van der Waals surface area contributed by atoms with Crippen molar-refractivity contribution >= 4 is 5.96 Å². The van der Waals surface area contributed by atoms with E-state index in [2.05, 4.69) is 29.5 Å². The molecule has 0 aliphatic rings. The SMILES string of the molecule is CCCCCCC(C)NC(=NC)NCc1ccco1. The summed E-state index contributed by atoms with van der Waals surface area (Å²) in [6.45, 7) is 5.10. The normalized spacial score (nSPS) is 13.3. The van der Waals surface area contributed by atoms with Crippen molar-refractivity contribution in [2.45, 2.75) is 58.5 Å². The van der Waals surface area contributed by atoms with Crippen LogP contribution in [0.3, 0.4) is 0 Å². The van der Waals surface area contributed by atoms with Crippen molar-refractivity contribution < 1.29 is 4.42 Å². The van der Waals surface area contributed by atoms with E-state index >= 15 is 0 Å². The van der Waals surface area contributed by atoms with Crippen LogP contribution in [0.15, 0.2) is 27.8 Å². The molecule has 0 amide bonds. The Hall–Kier alpha value is -1.45. The van der Waals surface area contributed by atoms with Gasteiger partial charge in [0.05, 0.1) is 12.8 Å². The number of nitrogens with zero attached hydrogens (tertiary/aromatic N) is 1. The summed E-state index contributed by atoms with van der Waals surface area (Å²) >= 11 is 0. The molecule has 108 valence electrons. The molecule has 0 saturated carbocycles. The number of rotatable bonds is 8. The maximum atomic E-state index is 5.28. The van der Waals surface area contributed by atoms with Gasteiger partial charge < -0.3 is 15.1 Å². The van der Waals surface area contributed by atoms with Gasteiger partial charge in [0.2, 0.25) is 0 Å². The fourth-order valence-electron chi connectivity index (χ4n) is 1.96. The lowest BCUT2D eigenvalue weighted by Crippen LogP contribution is -2.41. The van der Waals surface area contributed by atoms with Gasteiger partial charge in [0.1, 0.15) is 5.76 Å². The number of unbranched alkanes of at least 4 members (excludes halogenated alkanes) is 3. The van der Waals surface area contributed by atoms with Gasteiger partial charge in [-0.05, 0) is 25.5 Å². The first-order valence-corrected chi connectivity index (χ1v) is 7.25. The van der Waals surface area contributed by atoms with Crippen LogP contribution in [0, 0.1) is 0 Å². The summed E-state index contributed by atoms with van der Waals surface area (Å²) in [5, 5.41) is 6.65. The number of aliphatic imine (C=N–C) groups is 1. The highest BCUT2D eigenvalue weighted by Gasteiger charge is 2.05. The fourth-order valence-corrected chi connectivity index (χ4v) is 1.96. The van der Waals surface area contributed by atoms with Crippen LogP contribution in [0.2, 0.25) is 0 Å². The highest BCUT2D eigenvalue weighted by Crippen LogP contribution is 2.05. The molecule has 0 bridgehead atoms. The van der Waals surface area contributed by atoms with Gasteiger partial charge in [-0.15, -0.1) is 0 Å². The second-order valence-corrected chi connectivity index (χ2v) is 4.90. The third-order valence-electron chi connectivity index (χ3n) is 3.11. The van der Waals surface area contributed by atoms with Gasteiger partial charge in [-0.1, -0.05) is 32.6 Å². The van der Waals surface area contributed by atoms with Crippen molar-refractivity contribution in [3.05, 3.63) is 24.2 Å². The molecule has 1 unspecified atom stereocenters. The van der Waals surface area contributed by atoms with Gasteiger partial charge in [0, 0.05) is 13.1 Å². The van der Waals surface area contributed by atoms with Gasteiger partial charge >= 0.3 is 0 Å². The lowest BCUT2D eigenvalue weighted by Gasteiger charge is -2.17. The van der Waals surface area contributed by atoms with Crippen LogP contribution in [0.25, 0.3) is 0 Å². The topological polar surface area (TPSA) is 49.6 Å². The predicted octanol–water partition coefficient (Wildman–Crippen LogP) is 3.30. The summed E-state index contributed by atoms with van der Waals surface area (Å²) in [6, 6.07) is 4.29. The van der Waals surface area contributed by atoms with E-state index in [1.807, 2.05) is 12.1 Å². The van der Waals surface area contributed by atoms with Crippen molar-refractivity contribution in [3.63, 3.8) is 0 Å². The molecule has 0 aliphatic heterocycles. The highest BCUT2D eigenvalue weighted by atomic mass is 16.3. The molecule has 1 aromatic heterocycles. The minimum Gasteiger partial charge on any atom is -0.467 e. The van der Waals surface area contributed by atoms with E-state index in [1.165, 1.54) is 32.1 Å². The quantitative estimate of drug-likeness (QED) is 0.431. The van der Waals surface area contributed by atoms with E-state index in [0.717, 1.165) is 11.7 Å². The number of hydrogen-bond acceptors (Lipinski definition) is 2. The van der Waals surface area contributed by atoms with E-state index in [0.29, 0.717) is 12.6 Å². The summed E-state index contributed by atoms with van der Waals surface area (Å²) in [5.74, 6) is 1.75. The Morgan fingerprint density at radius 3 is 2.84 bits per heavy atom. The number of furan rings is 1. The highest BCUT2D eigenvalue weighted by molar-refractivity contribution is 5.79. The molecule has 1 heterocycles. The number of hydrogen-bond donors (Lipinski definition) is 2. The van der Waals surface area contributed by atoms with Crippen LogP contribution < -0.4 is 10.6 Å². The van der Waals surface area contributed by atoms with E-state index in [9.17, 15) is 0 Å². The van der Waals surface area contributed by atoms with Crippen LogP contribution >= 0.6 is 0 Å². The Bertz CT molecular complexity index is 346. The Balaban J connectivity index is 2.20. The van der Waals surface area contributed by atoms with Crippen LogP contribution in [-0.2, 0) is 6.54 Å². The third kappa shape index (κ3) is 6.89. The maximum absolute atomic E-state index is 5.28. The molecular weight excluding hydrogens is 238 g/mol. The van der Waals surface area contributed by atoms with Crippen molar-refractivity contribution in [2.24, 2.45) is 4.99 Å². The predicted molar refractivity (Wildman–Crippen MR) is 80.3 cm³/mol. The van der Waals surface area contributed by atoms with E-state index in [1.54, 1.807) is 13.3 Å². The Morgan fingerprint density at radius 2 is 2.21 bits per heavy atom. The van der Waals surface area contributed by atoms with E-state index < -0.39 is 0 Å². The molecular formula is C15H27N3O. The average Bonchev–Trinajstić information content (AvgIpc) is 2.92.